The zero-order valence-electron chi connectivity index (χ0n) is 9.77. The Hall–Kier alpha value is -2.83. The van der Waals surface area contributed by atoms with E-state index >= 15 is 0 Å². The molecule has 2 rings (SSSR count). The van der Waals surface area contributed by atoms with E-state index in [0.29, 0.717) is 11.1 Å². The van der Waals surface area contributed by atoms with Gasteiger partial charge in [-0.25, -0.2) is 4.79 Å². The van der Waals surface area contributed by atoms with Crippen molar-refractivity contribution in [1.29, 1.82) is 0 Å². The zero-order chi connectivity index (χ0) is 14.0. The van der Waals surface area contributed by atoms with Crippen molar-refractivity contribution in [1.82, 2.24) is 9.97 Å². The minimum Gasteiger partial charge on any atom is -0.481 e. The highest BCUT2D eigenvalue weighted by molar-refractivity contribution is 5.74. The van der Waals surface area contributed by atoms with Crippen molar-refractivity contribution in [2.24, 2.45) is 0 Å². The van der Waals surface area contributed by atoms with Gasteiger partial charge in [-0.15, -0.1) is 0 Å². The maximum atomic E-state index is 11.4. The zero-order valence-corrected chi connectivity index (χ0v) is 9.77. The smallest absolute Gasteiger partial charge is 0.326 e. The second-order valence-electron chi connectivity index (χ2n) is 3.97. The van der Waals surface area contributed by atoms with Crippen LogP contribution in [-0.2, 0) is 11.2 Å². The van der Waals surface area contributed by atoms with Crippen LogP contribution in [0.5, 0.6) is 0 Å². The van der Waals surface area contributed by atoms with Crippen molar-refractivity contribution >= 4 is 11.7 Å². The first-order valence-electron chi connectivity index (χ1n) is 5.40. The third kappa shape index (κ3) is 2.71. The molecule has 1 heterocycles. The average Bonchev–Trinajstić information content (AvgIpc) is 2.33. The fraction of sp³-hybridized carbons (Fsp3) is 0.0833. The maximum Gasteiger partial charge on any atom is 0.326 e. The van der Waals surface area contributed by atoms with E-state index < -0.39 is 17.2 Å². The summed E-state index contributed by atoms with van der Waals surface area (Å²) in [6, 6.07) is 6.47. The number of carbonyl (C=O) groups is 1. The van der Waals surface area contributed by atoms with Crippen molar-refractivity contribution < 1.29 is 9.90 Å². The Bertz CT molecular complexity index is 745. The molecule has 7 nitrogen and oxygen atoms in total. The molecule has 0 aliphatic heterocycles. The Morgan fingerprint density at radius 2 is 2.00 bits per heavy atom. The number of carboxylic acid groups (broad SMARTS) is 1. The second kappa shape index (κ2) is 4.81. The molecular formula is C12H11N3O4. The lowest BCUT2D eigenvalue weighted by Gasteiger charge is -2.06. The minimum atomic E-state index is -0.968. The maximum absolute atomic E-state index is 11.4. The largest absolute Gasteiger partial charge is 0.481 e. The van der Waals surface area contributed by atoms with Gasteiger partial charge in [0, 0.05) is 5.56 Å². The van der Waals surface area contributed by atoms with Crippen molar-refractivity contribution in [3.05, 3.63) is 50.7 Å². The van der Waals surface area contributed by atoms with E-state index in [-0.39, 0.29) is 17.8 Å². The van der Waals surface area contributed by atoms with E-state index in [0.717, 1.165) is 0 Å². The van der Waals surface area contributed by atoms with Gasteiger partial charge in [-0.3, -0.25) is 14.6 Å². The number of aliphatic carboxylic acids is 1. The fourth-order valence-electron chi connectivity index (χ4n) is 1.74. The van der Waals surface area contributed by atoms with Gasteiger partial charge in [-0.2, -0.15) is 0 Å². The molecule has 0 bridgehead atoms. The molecule has 2 aromatic rings. The van der Waals surface area contributed by atoms with Gasteiger partial charge in [0.05, 0.1) is 12.1 Å². The predicted octanol–water partition coefficient (Wildman–Crippen LogP) is -0.0605. The molecule has 0 spiro atoms. The Morgan fingerprint density at radius 3 is 2.68 bits per heavy atom. The summed E-state index contributed by atoms with van der Waals surface area (Å²) in [6.45, 7) is 0. The van der Waals surface area contributed by atoms with Crippen LogP contribution < -0.4 is 17.0 Å². The highest BCUT2D eigenvalue weighted by Crippen LogP contribution is 2.20. The number of rotatable bonds is 3. The van der Waals surface area contributed by atoms with Crippen LogP contribution in [0.3, 0.4) is 0 Å². The first-order valence-corrected chi connectivity index (χ1v) is 5.40. The van der Waals surface area contributed by atoms with Crippen molar-refractivity contribution in [2.75, 3.05) is 5.73 Å². The van der Waals surface area contributed by atoms with Gasteiger partial charge < -0.3 is 15.8 Å². The predicted molar refractivity (Wildman–Crippen MR) is 68.9 cm³/mol. The Balaban J connectivity index is 2.56. The molecule has 0 atom stereocenters. The van der Waals surface area contributed by atoms with E-state index in [4.69, 9.17) is 10.8 Å². The quantitative estimate of drug-likeness (QED) is 0.615. The van der Waals surface area contributed by atoms with Gasteiger partial charge in [0.2, 0.25) is 0 Å². The number of carboxylic acids is 1. The lowest BCUT2D eigenvalue weighted by molar-refractivity contribution is -0.136. The summed E-state index contributed by atoms with van der Waals surface area (Å²) < 4.78 is 0. The SMILES string of the molecule is Nc1c(-c2cccc(CC(=O)O)c2)[nH]c(=O)[nH]c1=O. The number of H-pyrrole nitrogens is 2. The number of hydrogen-bond acceptors (Lipinski definition) is 4. The number of benzene rings is 1. The summed E-state index contributed by atoms with van der Waals surface area (Å²) in [4.78, 5) is 37.7. The van der Waals surface area contributed by atoms with Gasteiger partial charge in [0.25, 0.3) is 5.56 Å². The van der Waals surface area contributed by atoms with Crippen molar-refractivity contribution in [3.8, 4) is 11.3 Å². The van der Waals surface area contributed by atoms with E-state index in [9.17, 15) is 14.4 Å². The monoisotopic (exact) mass is 261 g/mol. The average molecular weight is 261 g/mol. The van der Waals surface area contributed by atoms with E-state index in [1.165, 1.54) is 0 Å². The number of aromatic amines is 2. The highest BCUT2D eigenvalue weighted by Gasteiger charge is 2.09. The molecule has 0 unspecified atom stereocenters. The normalized spacial score (nSPS) is 10.3. The first-order chi connectivity index (χ1) is 8.97. The van der Waals surface area contributed by atoms with Crippen molar-refractivity contribution in [3.63, 3.8) is 0 Å². The standard InChI is InChI=1S/C12H11N3O4/c13-9-10(14-12(19)15-11(9)18)7-3-1-2-6(4-7)5-8(16)17/h1-4H,5,13H2,(H,16,17)(H2,14,15,18,19). The van der Waals surface area contributed by atoms with Crippen LogP contribution in [0.25, 0.3) is 11.3 Å². The van der Waals surface area contributed by atoms with Gasteiger partial charge in [-0.05, 0) is 11.6 Å². The molecule has 1 aromatic heterocycles. The molecule has 98 valence electrons. The molecule has 0 aliphatic rings. The summed E-state index contributed by atoms with van der Waals surface area (Å²) in [5.41, 5.74) is 5.35. The Labute approximate surface area is 106 Å². The summed E-state index contributed by atoms with van der Waals surface area (Å²) in [5, 5.41) is 8.73. The summed E-state index contributed by atoms with van der Waals surface area (Å²) in [7, 11) is 0. The molecule has 7 heteroatoms. The Kier molecular flexibility index (Phi) is 3.19. The van der Waals surface area contributed by atoms with Gasteiger partial charge in [0.1, 0.15) is 5.69 Å². The number of hydrogen-bond donors (Lipinski definition) is 4. The summed E-state index contributed by atoms with van der Waals surface area (Å²) in [5.74, 6) is -0.968. The Morgan fingerprint density at radius 1 is 1.26 bits per heavy atom. The van der Waals surface area contributed by atoms with Crippen LogP contribution in [0, 0.1) is 0 Å². The van der Waals surface area contributed by atoms with Crippen LogP contribution in [0.2, 0.25) is 0 Å². The van der Waals surface area contributed by atoms with Crippen LogP contribution in [0.15, 0.2) is 33.9 Å². The lowest BCUT2D eigenvalue weighted by Crippen LogP contribution is -2.25. The molecule has 0 amide bonds. The van der Waals surface area contributed by atoms with Crippen LogP contribution in [-0.4, -0.2) is 21.0 Å². The highest BCUT2D eigenvalue weighted by atomic mass is 16.4. The topological polar surface area (TPSA) is 129 Å². The van der Waals surface area contributed by atoms with E-state index in [1.54, 1.807) is 24.3 Å². The fourth-order valence-corrected chi connectivity index (χ4v) is 1.74. The molecule has 0 fully saturated rings. The van der Waals surface area contributed by atoms with Gasteiger partial charge in [0.15, 0.2) is 0 Å². The van der Waals surface area contributed by atoms with Crippen LogP contribution >= 0.6 is 0 Å². The molecular weight excluding hydrogens is 250 g/mol. The number of nitrogen functional groups attached to an aromatic ring is 1. The van der Waals surface area contributed by atoms with Gasteiger partial charge in [-0.1, -0.05) is 18.2 Å². The first kappa shape index (κ1) is 12.6. The molecule has 0 aliphatic carbocycles. The van der Waals surface area contributed by atoms with Gasteiger partial charge >= 0.3 is 11.7 Å². The molecule has 0 radical (unpaired) electrons. The molecule has 5 N–H and O–H groups in total. The molecule has 19 heavy (non-hydrogen) atoms. The second-order valence-corrected chi connectivity index (χ2v) is 3.97. The van der Waals surface area contributed by atoms with Crippen LogP contribution in [0.4, 0.5) is 5.69 Å². The van der Waals surface area contributed by atoms with Crippen LogP contribution in [0.1, 0.15) is 5.56 Å². The lowest BCUT2D eigenvalue weighted by atomic mass is 10.1. The third-order valence-corrected chi connectivity index (χ3v) is 2.55. The summed E-state index contributed by atoms with van der Waals surface area (Å²) >= 11 is 0. The minimum absolute atomic E-state index is 0.118. The third-order valence-electron chi connectivity index (χ3n) is 2.55. The number of nitrogens with one attached hydrogen (secondary N) is 2. The summed E-state index contributed by atoms with van der Waals surface area (Å²) in [6.07, 6.45) is -0.152. The number of anilines is 1. The number of nitrogens with two attached hydrogens (primary N) is 1. The molecule has 0 saturated heterocycles. The van der Waals surface area contributed by atoms with E-state index in [2.05, 4.69) is 4.98 Å². The number of aromatic nitrogens is 2. The molecule has 1 aromatic carbocycles. The van der Waals surface area contributed by atoms with Crippen molar-refractivity contribution in [2.45, 2.75) is 6.42 Å². The van der Waals surface area contributed by atoms with E-state index in [1.807, 2.05) is 4.98 Å². The molecule has 0 saturated carbocycles.